The molecule has 1 aromatic carbocycles. The van der Waals surface area contributed by atoms with Crippen LogP contribution in [0.4, 0.5) is 8.78 Å². The average Bonchev–Trinajstić information content (AvgIpc) is 2.32. The maximum absolute atomic E-state index is 12.3. The van der Waals surface area contributed by atoms with Gasteiger partial charge in [0.05, 0.1) is 13.0 Å². The van der Waals surface area contributed by atoms with E-state index in [0.717, 1.165) is 0 Å². The van der Waals surface area contributed by atoms with Crippen molar-refractivity contribution in [3.8, 4) is 5.75 Å². The Kier molecular flexibility index (Phi) is 6.71. The van der Waals surface area contributed by atoms with Crippen LogP contribution in [0.3, 0.4) is 0 Å². The van der Waals surface area contributed by atoms with Crippen molar-refractivity contribution in [1.29, 1.82) is 0 Å². The maximum Gasteiger partial charge on any atom is 0.387 e. The number of hydrogen-bond acceptors (Lipinski definition) is 3. The minimum Gasteiger partial charge on any atom is -0.466 e. The van der Waals surface area contributed by atoms with Crippen LogP contribution in [0, 0.1) is 0 Å². The predicted octanol–water partition coefficient (Wildman–Crippen LogP) is 4.05. The van der Waals surface area contributed by atoms with E-state index in [-0.39, 0.29) is 18.1 Å². The van der Waals surface area contributed by atoms with E-state index in [0.29, 0.717) is 27.5 Å². The molecule has 0 fully saturated rings. The quantitative estimate of drug-likeness (QED) is 0.532. The van der Waals surface area contributed by atoms with Crippen LogP contribution in [0.2, 0.25) is 0 Å². The first-order valence-electron chi connectivity index (χ1n) is 5.45. The van der Waals surface area contributed by atoms with Gasteiger partial charge in [0.15, 0.2) is 0 Å². The summed E-state index contributed by atoms with van der Waals surface area (Å²) < 4.78 is 34.3. The highest BCUT2D eigenvalue weighted by Gasteiger charge is 2.15. The van der Waals surface area contributed by atoms with Crippen LogP contribution < -0.4 is 4.74 Å². The van der Waals surface area contributed by atoms with Crippen LogP contribution in [-0.2, 0) is 21.3 Å². The van der Waals surface area contributed by atoms with Gasteiger partial charge in [-0.3, -0.25) is 4.79 Å². The number of ether oxygens (including phenoxy) is 2. The average molecular weight is 402 g/mol. The monoisotopic (exact) mass is 400 g/mol. The molecule has 0 saturated heterocycles. The summed E-state index contributed by atoms with van der Waals surface area (Å²) in [6.07, 6.45) is 0.0728. The third kappa shape index (κ3) is 5.06. The number of rotatable bonds is 6. The smallest absolute Gasteiger partial charge is 0.387 e. The van der Waals surface area contributed by atoms with Gasteiger partial charge in [-0.2, -0.15) is 8.78 Å². The van der Waals surface area contributed by atoms with E-state index in [1.165, 1.54) is 6.07 Å². The van der Waals surface area contributed by atoms with Crippen LogP contribution in [0.1, 0.15) is 18.1 Å². The molecule has 0 bridgehead atoms. The molecule has 0 aromatic heterocycles. The van der Waals surface area contributed by atoms with Crippen LogP contribution in [0.25, 0.3) is 0 Å². The van der Waals surface area contributed by atoms with Crippen LogP contribution in [-0.4, -0.2) is 19.2 Å². The maximum atomic E-state index is 12.3. The summed E-state index contributed by atoms with van der Waals surface area (Å²) >= 11 is 6.43. The van der Waals surface area contributed by atoms with Crippen molar-refractivity contribution >= 4 is 37.8 Å². The van der Waals surface area contributed by atoms with E-state index in [4.69, 9.17) is 4.74 Å². The molecule has 0 spiro atoms. The number of alkyl halides is 3. The molecule has 1 rings (SSSR count). The van der Waals surface area contributed by atoms with Crippen molar-refractivity contribution in [2.75, 3.05) is 6.61 Å². The summed E-state index contributed by atoms with van der Waals surface area (Å²) in [4.78, 5) is 11.4. The van der Waals surface area contributed by atoms with E-state index < -0.39 is 6.61 Å². The molecule has 19 heavy (non-hydrogen) atoms. The number of carbonyl (C=O) groups is 1. The lowest BCUT2D eigenvalue weighted by molar-refractivity contribution is -0.142. The summed E-state index contributed by atoms with van der Waals surface area (Å²) in [7, 11) is 0. The fraction of sp³-hybridized carbons (Fsp3) is 0.417. The standard InChI is InChI=1S/C12H12Br2F2O3/c1-2-18-11(17)4-7-3-8(6-13)10(5-9(7)14)19-12(15)16/h3,5,12H,2,4,6H2,1H3. The molecule has 106 valence electrons. The van der Waals surface area contributed by atoms with Crippen LogP contribution in [0.5, 0.6) is 5.75 Å². The summed E-state index contributed by atoms with van der Waals surface area (Å²) in [5, 5.41) is 0.345. The first-order chi connectivity index (χ1) is 8.97. The van der Waals surface area contributed by atoms with Crippen LogP contribution in [0.15, 0.2) is 16.6 Å². The third-order valence-electron chi connectivity index (χ3n) is 2.23. The van der Waals surface area contributed by atoms with Gasteiger partial charge >= 0.3 is 12.6 Å². The minimum absolute atomic E-state index is 0.0728. The number of carbonyl (C=O) groups excluding carboxylic acids is 1. The SMILES string of the molecule is CCOC(=O)Cc1cc(CBr)c(OC(F)F)cc1Br. The zero-order valence-electron chi connectivity index (χ0n) is 10.1. The fourth-order valence-electron chi connectivity index (χ4n) is 1.46. The highest BCUT2D eigenvalue weighted by Crippen LogP contribution is 2.30. The van der Waals surface area contributed by atoms with Crippen molar-refractivity contribution in [2.24, 2.45) is 0 Å². The lowest BCUT2D eigenvalue weighted by atomic mass is 10.1. The minimum atomic E-state index is -2.89. The van der Waals surface area contributed by atoms with Gasteiger partial charge in [0.2, 0.25) is 0 Å². The van der Waals surface area contributed by atoms with Gasteiger partial charge in [-0.25, -0.2) is 0 Å². The Balaban J connectivity index is 2.98. The van der Waals surface area contributed by atoms with Gasteiger partial charge in [-0.05, 0) is 24.6 Å². The molecule has 0 atom stereocenters. The highest BCUT2D eigenvalue weighted by molar-refractivity contribution is 9.10. The molecule has 0 aliphatic rings. The van der Waals surface area contributed by atoms with E-state index in [1.54, 1.807) is 13.0 Å². The second kappa shape index (κ2) is 7.79. The molecule has 0 N–H and O–H groups in total. The molecule has 3 nitrogen and oxygen atoms in total. The van der Waals surface area contributed by atoms with E-state index in [1.807, 2.05) is 0 Å². The fourth-order valence-corrected chi connectivity index (χ4v) is 2.36. The Hall–Kier alpha value is -0.690. The van der Waals surface area contributed by atoms with Gasteiger partial charge in [0.1, 0.15) is 5.75 Å². The first kappa shape index (κ1) is 16.4. The molecule has 0 amide bonds. The Labute approximate surface area is 126 Å². The normalized spacial score (nSPS) is 10.6. The zero-order chi connectivity index (χ0) is 14.4. The van der Waals surface area contributed by atoms with Crippen LogP contribution >= 0.6 is 31.9 Å². The van der Waals surface area contributed by atoms with Gasteiger partial charge in [0, 0.05) is 15.4 Å². The van der Waals surface area contributed by atoms with Crippen molar-refractivity contribution in [1.82, 2.24) is 0 Å². The number of hydrogen-bond donors (Lipinski definition) is 0. The molecular weight excluding hydrogens is 390 g/mol. The van der Waals surface area contributed by atoms with Gasteiger partial charge in [-0.15, -0.1) is 0 Å². The summed E-state index contributed by atoms with van der Waals surface area (Å²) in [6, 6.07) is 3.06. The van der Waals surface area contributed by atoms with E-state index in [2.05, 4.69) is 36.6 Å². The second-order valence-electron chi connectivity index (χ2n) is 3.55. The lowest BCUT2D eigenvalue weighted by Crippen LogP contribution is -2.09. The summed E-state index contributed by atoms with van der Waals surface area (Å²) in [5.74, 6) is -0.294. The Morgan fingerprint density at radius 3 is 2.58 bits per heavy atom. The lowest BCUT2D eigenvalue weighted by Gasteiger charge is -2.12. The van der Waals surface area contributed by atoms with E-state index in [9.17, 15) is 13.6 Å². The first-order valence-corrected chi connectivity index (χ1v) is 7.37. The van der Waals surface area contributed by atoms with E-state index >= 15 is 0 Å². The van der Waals surface area contributed by atoms with Gasteiger partial charge < -0.3 is 9.47 Å². The molecule has 0 aliphatic carbocycles. The Morgan fingerprint density at radius 1 is 1.37 bits per heavy atom. The number of benzene rings is 1. The molecule has 7 heteroatoms. The number of esters is 1. The van der Waals surface area contributed by atoms with Crippen molar-refractivity contribution in [3.63, 3.8) is 0 Å². The van der Waals surface area contributed by atoms with Gasteiger partial charge in [-0.1, -0.05) is 31.9 Å². The summed E-state index contributed by atoms with van der Waals surface area (Å²) in [5.41, 5.74) is 1.21. The number of halogens is 4. The van der Waals surface area contributed by atoms with Gasteiger partial charge in [0.25, 0.3) is 0 Å². The summed E-state index contributed by atoms with van der Waals surface area (Å²) in [6.45, 7) is -0.870. The largest absolute Gasteiger partial charge is 0.466 e. The highest BCUT2D eigenvalue weighted by atomic mass is 79.9. The Bertz CT molecular complexity index is 453. The Morgan fingerprint density at radius 2 is 2.05 bits per heavy atom. The molecule has 0 radical (unpaired) electrons. The molecule has 0 aliphatic heterocycles. The second-order valence-corrected chi connectivity index (χ2v) is 4.96. The third-order valence-corrected chi connectivity index (χ3v) is 3.57. The predicted molar refractivity (Wildman–Crippen MR) is 73.7 cm³/mol. The van der Waals surface area contributed by atoms with Crippen molar-refractivity contribution < 1.29 is 23.0 Å². The molecule has 0 unspecified atom stereocenters. The topological polar surface area (TPSA) is 35.5 Å². The molecular formula is C12H12Br2F2O3. The molecule has 0 heterocycles. The van der Waals surface area contributed by atoms with Crippen molar-refractivity contribution in [3.05, 3.63) is 27.7 Å². The van der Waals surface area contributed by atoms with Crippen molar-refractivity contribution in [2.45, 2.75) is 25.3 Å². The molecule has 1 aromatic rings. The zero-order valence-corrected chi connectivity index (χ0v) is 13.3. The molecule has 0 saturated carbocycles.